The van der Waals surface area contributed by atoms with Crippen molar-refractivity contribution in [3.05, 3.63) is 64.9 Å². The van der Waals surface area contributed by atoms with Gasteiger partial charge in [-0.15, -0.1) is 0 Å². The Morgan fingerprint density at radius 1 is 1.21 bits per heavy atom. The number of rotatable bonds is 5. The SMILES string of the molecule is Cc1cccc(OCCN(C)C(=O)c2cc3cc(Cl)ccc3o2)c1. The number of amides is 1. The van der Waals surface area contributed by atoms with E-state index >= 15 is 0 Å². The Labute approximate surface area is 145 Å². The summed E-state index contributed by atoms with van der Waals surface area (Å²) in [6.07, 6.45) is 0. The van der Waals surface area contributed by atoms with Gasteiger partial charge in [0.2, 0.25) is 0 Å². The lowest BCUT2D eigenvalue weighted by Gasteiger charge is -2.16. The summed E-state index contributed by atoms with van der Waals surface area (Å²) >= 11 is 5.95. The first-order valence-corrected chi connectivity index (χ1v) is 8.05. The molecule has 3 rings (SSSR count). The lowest BCUT2D eigenvalue weighted by atomic mass is 10.2. The van der Waals surface area contributed by atoms with Crippen LogP contribution in [-0.2, 0) is 0 Å². The Kier molecular flexibility index (Phi) is 4.76. The maximum Gasteiger partial charge on any atom is 0.289 e. The van der Waals surface area contributed by atoms with Crippen LogP contribution in [0.25, 0.3) is 11.0 Å². The summed E-state index contributed by atoms with van der Waals surface area (Å²) in [7, 11) is 1.72. The zero-order valence-electron chi connectivity index (χ0n) is 13.6. The molecule has 1 amide bonds. The van der Waals surface area contributed by atoms with E-state index in [0.717, 1.165) is 16.7 Å². The van der Waals surface area contributed by atoms with Gasteiger partial charge >= 0.3 is 0 Å². The van der Waals surface area contributed by atoms with Gasteiger partial charge in [0.15, 0.2) is 5.76 Å². The molecule has 0 aliphatic rings. The zero-order chi connectivity index (χ0) is 17.1. The summed E-state index contributed by atoms with van der Waals surface area (Å²) in [6.45, 7) is 2.89. The summed E-state index contributed by atoms with van der Waals surface area (Å²) in [4.78, 5) is 14.0. The number of nitrogens with zero attached hydrogens (tertiary/aromatic N) is 1. The monoisotopic (exact) mass is 343 g/mol. The van der Waals surface area contributed by atoms with Gasteiger partial charge in [0.1, 0.15) is 17.9 Å². The van der Waals surface area contributed by atoms with Gasteiger partial charge < -0.3 is 14.1 Å². The molecule has 2 aromatic carbocycles. The quantitative estimate of drug-likeness (QED) is 0.682. The average molecular weight is 344 g/mol. The number of fused-ring (bicyclic) bond motifs is 1. The van der Waals surface area contributed by atoms with Crippen molar-refractivity contribution in [2.24, 2.45) is 0 Å². The Hall–Kier alpha value is -2.46. The maximum atomic E-state index is 12.4. The Morgan fingerprint density at radius 3 is 2.83 bits per heavy atom. The minimum absolute atomic E-state index is 0.185. The third-order valence-corrected chi connectivity index (χ3v) is 3.96. The molecule has 0 radical (unpaired) electrons. The highest BCUT2D eigenvalue weighted by molar-refractivity contribution is 6.31. The number of hydrogen-bond donors (Lipinski definition) is 0. The van der Waals surface area contributed by atoms with E-state index in [1.165, 1.54) is 0 Å². The number of halogens is 1. The minimum atomic E-state index is -0.185. The highest BCUT2D eigenvalue weighted by atomic mass is 35.5. The largest absolute Gasteiger partial charge is 0.492 e. The number of benzene rings is 2. The molecule has 1 heterocycles. The summed E-state index contributed by atoms with van der Waals surface area (Å²) < 4.78 is 11.3. The number of likely N-dealkylation sites (N-methyl/N-ethyl adjacent to an activating group) is 1. The van der Waals surface area contributed by atoms with Crippen LogP contribution in [0.3, 0.4) is 0 Å². The van der Waals surface area contributed by atoms with Crippen LogP contribution < -0.4 is 4.74 Å². The van der Waals surface area contributed by atoms with Crippen molar-refractivity contribution in [2.45, 2.75) is 6.92 Å². The van der Waals surface area contributed by atoms with Crippen molar-refractivity contribution in [3.8, 4) is 5.75 Å². The topological polar surface area (TPSA) is 42.7 Å². The van der Waals surface area contributed by atoms with E-state index in [1.807, 2.05) is 31.2 Å². The molecule has 0 aliphatic heterocycles. The molecule has 0 aliphatic carbocycles. The van der Waals surface area contributed by atoms with Crippen LogP contribution in [0.15, 0.2) is 52.9 Å². The van der Waals surface area contributed by atoms with Crippen molar-refractivity contribution in [1.29, 1.82) is 0 Å². The fraction of sp³-hybridized carbons (Fsp3) is 0.211. The fourth-order valence-corrected chi connectivity index (χ4v) is 2.60. The number of ether oxygens (including phenoxy) is 1. The zero-order valence-corrected chi connectivity index (χ0v) is 14.3. The molecule has 0 saturated heterocycles. The minimum Gasteiger partial charge on any atom is -0.492 e. The van der Waals surface area contributed by atoms with Crippen LogP contribution in [0.5, 0.6) is 5.75 Å². The molecule has 0 saturated carbocycles. The normalized spacial score (nSPS) is 10.8. The van der Waals surface area contributed by atoms with E-state index in [4.69, 9.17) is 20.8 Å². The number of carbonyl (C=O) groups excluding carboxylic acids is 1. The van der Waals surface area contributed by atoms with Crippen LogP contribution in [0.1, 0.15) is 16.1 Å². The van der Waals surface area contributed by atoms with Gasteiger partial charge in [-0.05, 0) is 48.9 Å². The third-order valence-electron chi connectivity index (χ3n) is 3.72. The van der Waals surface area contributed by atoms with Gasteiger partial charge in [0.05, 0.1) is 6.54 Å². The molecule has 0 spiro atoms. The molecule has 3 aromatic rings. The summed E-state index contributed by atoms with van der Waals surface area (Å²) in [5, 5.41) is 1.43. The van der Waals surface area contributed by atoms with Crippen LogP contribution in [0.2, 0.25) is 5.02 Å². The predicted molar refractivity (Wildman–Crippen MR) is 94.9 cm³/mol. The Balaban J connectivity index is 1.61. The van der Waals surface area contributed by atoms with Gasteiger partial charge in [0, 0.05) is 17.5 Å². The fourth-order valence-electron chi connectivity index (χ4n) is 2.41. The summed E-state index contributed by atoms with van der Waals surface area (Å²) in [5.74, 6) is 0.912. The molecule has 0 bridgehead atoms. The Bertz CT molecular complexity index is 872. The van der Waals surface area contributed by atoms with E-state index in [9.17, 15) is 4.79 Å². The van der Waals surface area contributed by atoms with Crippen molar-refractivity contribution >= 4 is 28.5 Å². The van der Waals surface area contributed by atoms with Gasteiger partial charge in [-0.1, -0.05) is 23.7 Å². The highest BCUT2D eigenvalue weighted by Gasteiger charge is 2.17. The number of carbonyl (C=O) groups is 1. The molecule has 0 fully saturated rings. The van der Waals surface area contributed by atoms with E-state index in [2.05, 4.69) is 0 Å². The van der Waals surface area contributed by atoms with Crippen LogP contribution in [0.4, 0.5) is 0 Å². The molecule has 1 aromatic heterocycles. The number of aryl methyl sites for hydroxylation is 1. The first-order chi connectivity index (χ1) is 11.5. The standard InChI is InChI=1S/C19H18ClNO3/c1-13-4-3-5-16(10-13)23-9-8-21(2)19(22)18-12-14-11-15(20)6-7-17(14)24-18/h3-7,10-12H,8-9H2,1-2H3. The van der Waals surface area contributed by atoms with E-state index < -0.39 is 0 Å². The third kappa shape index (κ3) is 3.71. The average Bonchev–Trinajstić information content (AvgIpc) is 2.97. The van der Waals surface area contributed by atoms with E-state index in [0.29, 0.717) is 29.5 Å². The molecular formula is C19H18ClNO3. The molecule has 0 atom stereocenters. The van der Waals surface area contributed by atoms with Gasteiger partial charge in [-0.25, -0.2) is 0 Å². The van der Waals surface area contributed by atoms with Crippen LogP contribution in [-0.4, -0.2) is 31.0 Å². The lowest BCUT2D eigenvalue weighted by molar-refractivity contribution is 0.0745. The Morgan fingerprint density at radius 2 is 2.04 bits per heavy atom. The number of hydrogen-bond acceptors (Lipinski definition) is 3. The van der Waals surface area contributed by atoms with E-state index in [-0.39, 0.29) is 5.91 Å². The molecule has 4 nitrogen and oxygen atoms in total. The predicted octanol–water partition coefficient (Wildman–Crippen LogP) is 4.55. The van der Waals surface area contributed by atoms with Crippen molar-refractivity contribution in [2.75, 3.05) is 20.2 Å². The molecule has 124 valence electrons. The van der Waals surface area contributed by atoms with Gasteiger partial charge in [-0.2, -0.15) is 0 Å². The van der Waals surface area contributed by atoms with Crippen LogP contribution >= 0.6 is 11.6 Å². The molecule has 0 N–H and O–H groups in total. The summed E-state index contributed by atoms with van der Waals surface area (Å²) in [6, 6.07) is 14.8. The number of furan rings is 1. The van der Waals surface area contributed by atoms with E-state index in [1.54, 1.807) is 36.2 Å². The molecular weight excluding hydrogens is 326 g/mol. The van der Waals surface area contributed by atoms with Gasteiger partial charge in [-0.3, -0.25) is 4.79 Å². The first kappa shape index (κ1) is 16.4. The van der Waals surface area contributed by atoms with Crippen molar-refractivity contribution in [1.82, 2.24) is 4.90 Å². The second-order valence-electron chi connectivity index (χ2n) is 5.68. The first-order valence-electron chi connectivity index (χ1n) is 7.67. The van der Waals surface area contributed by atoms with Gasteiger partial charge in [0.25, 0.3) is 5.91 Å². The second kappa shape index (κ2) is 6.97. The second-order valence-corrected chi connectivity index (χ2v) is 6.12. The van der Waals surface area contributed by atoms with Crippen molar-refractivity contribution in [3.63, 3.8) is 0 Å². The summed E-state index contributed by atoms with van der Waals surface area (Å²) in [5.41, 5.74) is 1.78. The smallest absolute Gasteiger partial charge is 0.289 e. The highest BCUT2D eigenvalue weighted by Crippen LogP contribution is 2.23. The van der Waals surface area contributed by atoms with Crippen LogP contribution in [0, 0.1) is 6.92 Å². The maximum absolute atomic E-state index is 12.4. The molecule has 24 heavy (non-hydrogen) atoms. The lowest BCUT2D eigenvalue weighted by Crippen LogP contribution is -2.30. The molecule has 0 unspecified atom stereocenters. The molecule has 5 heteroatoms. The van der Waals surface area contributed by atoms with Crippen molar-refractivity contribution < 1.29 is 13.9 Å².